The first kappa shape index (κ1) is 42.3. The molecule has 0 heterocycles. The van der Waals surface area contributed by atoms with Crippen LogP contribution in [0.5, 0.6) is 0 Å². The smallest absolute Gasteiger partial charge is 0.164 e. The van der Waals surface area contributed by atoms with Crippen molar-refractivity contribution < 1.29 is 26.4 Å². The summed E-state index contributed by atoms with van der Waals surface area (Å²) in [5.74, 6) is -0.390. The van der Waals surface area contributed by atoms with Crippen LogP contribution >= 0.6 is 0 Å². The lowest BCUT2D eigenvalue weighted by Crippen LogP contribution is -3.00. The van der Waals surface area contributed by atoms with Crippen LogP contribution in [0.4, 0.5) is 0 Å². The van der Waals surface area contributed by atoms with Crippen LogP contribution in [0.3, 0.4) is 0 Å². The molecule has 4 heteroatoms. The van der Waals surface area contributed by atoms with E-state index in [1.807, 2.05) is 6.92 Å². The van der Waals surface area contributed by atoms with E-state index in [9.17, 15) is 0 Å². The van der Waals surface area contributed by atoms with Crippen LogP contribution < -0.4 is 12.4 Å². The third-order valence-electron chi connectivity index (χ3n) is 9.12. The van der Waals surface area contributed by atoms with Crippen LogP contribution in [0, 0.1) is 0 Å². The van der Waals surface area contributed by atoms with Gasteiger partial charge in [0, 0.05) is 20.6 Å². The van der Waals surface area contributed by atoms with E-state index in [1.54, 1.807) is 14.2 Å². The summed E-state index contributed by atoms with van der Waals surface area (Å²) in [4.78, 5) is 0. The number of methoxy groups -OCH3 is 2. The Kier molecular flexibility index (Phi) is 32.4. The first-order valence-electron chi connectivity index (χ1n) is 17.8. The summed E-state index contributed by atoms with van der Waals surface area (Å²) in [7, 11) is 8.39. The highest BCUT2D eigenvalue weighted by atomic mass is 35.5. The van der Waals surface area contributed by atoms with E-state index in [4.69, 9.17) is 9.47 Å². The molecular weight excluding hydrogens is 514 g/mol. The fraction of sp³-hybridized carbons (Fsp3) is 1.00. The number of unbranched alkanes of at least 4 members (excludes halogenated alkanes) is 24. The molecule has 0 fully saturated rings. The molecule has 0 rings (SSSR count). The molecule has 0 bridgehead atoms. The van der Waals surface area contributed by atoms with Gasteiger partial charge in [-0.15, -0.1) is 0 Å². The number of quaternary nitrogens is 1. The second-order valence-electron chi connectivity index (χ2n) is 13.5. The molecule has 0 aromatic carbocycles. The maximum Gasteiger partial charge on any atom is 0.164 e. The Morgan fingerprint density at radius 2 is 0.675 bits per heavy atom. The van der Waals surface area contributed by atoms with E-state index in [0.29, 0.717) is 0 Å². The average molecular weight is 590 g/mol. The SMILES string of the molecule is CCCCCCCCCCCCCCCCCC[N+](C)(C)CCCCCCCCCCCCC(C)(OC)OC.[Cl-]. The topological polar surface area (TPSA) is 18.5 Å². The van der Waals surface area contributed by atoms with Gasteiger partial charge in [0.2, 0.25) is 0 Å². The zero-order valence-electron chi connectivity index (χ0n) is 28.6. The molecule has 0 aromatic heterocycles. The van der Waals surface area contributed by atoms with Crippen molar-refractivity contribution in [2.24, 2.45) is 0 Å². The van der Waals surface area contributed by atoms with Crippen molar-refractivity contribution in [1.82, 2.24) is 0 Å². The quantitative estimate of drug-likeness (QED) is 0.0444. The molecule has 0 saturated heterocycles. The number of ether oxygens (including phenoxy) is 2. The van der Waals surface area contributed by atoms with Crippen molar-refractivity contribution in [3.8, 4) is 0 Å². The highest BCUT2D eigenvalue weighted by Crippen LogP contribution is 2.20. The second-order valence-corrected chi connectivity index (χ2v) is 13.5. The van der Waals surface area contributed by atoms with Crippen LogP contribution in [-0.4, -0.2) is 51.7 Å². The predicted octanol–water partition coefficient (Wildman–Crippen LogP) is 8.63. The van der Waals surface area contributed by atoms with Crippen LogP contribution in [0.25, 0.3) is 0 Å². The maximum absolute atomic E-state index is 5.44. The summed E-state index contributed by atoms with van der Waals surface area (Å²) in [6.45, 7) is 7.07. The molecule has 0 saturated carbocycles. The molecule has 0 radical (unpaired) electrons. The third-order valence-corrected chi connectivity index (χ3v) is 9.12. The van der Waals surface area contributed by atoms with Crippen molar-refractivity contribution in [2.75, 3.05) is 41.4 Å². The largest absolute Gasteiger partial charge is 1.00 e. The van der Waals surface area contributed by atoms with Gasteiger partial charge < -0.3 is 26.4 Å². The molecule has 0 aliphatic heterocycles. The van der Waals surface area contributed by atoms with Crippen LogP contribution in [0.2, 0.25) is 0 Å². The van der Waals surface area contributed by atoms with E-state index in [-0.39, 0.29) is 18.2 Å². The van der Waals surface area contributed by atoms with E-state index in [1.165, 1.54) is 185 Å². The first-order chi connectivity index (χ1) is 18.9. The van der Waals surface area contributed by atoms with E-state index in [0.717, 1.165) is 6.42 Å². The highest BCUT2D eigenvalue weighted by molar-refractivity contribution is 4.61. The molecular formula is C36H76ClNO2. The molecule has 0 atom stereocenters. The minimum absolute atomic E-state index is 0. The Morgan fingerprint density at radius 3 is 0.950 bits per heavy atom. The number of hydrogen-bond donors (Lipinski definition) is 0. The maximum atomic E-state index is 5.44. The summed E-state index contributed by atoms with van der Waals surface area (Å²) < 4.78 is 12.1. The molecule has 244 valence electrons. The van der Waals surface area contributed by atoms with Crippen LogP contribution in [0.1, 0.15) is 187 Å². The van der Waals surface area contributed by atoms with Gasteiger partial charge in [-0.1, -0.05) is 142 Å². The zero-order chi connectivity index (χ0) is 28.9. The van der Waals surface area contributed by atoms with Gasteiger partial charge in [0.25, 0.3) is 0 Å². The van der Waals surface area contributed by atoms with Gasteiger partial charge in [-0.2, -0.15) is 0 Å². The molecule has 0 aliphatic carbocycles. The van der Waals surface area contributed by atoms with Crippen molar-refractivity contribution >= 4 is 0 Å². The first-order valence-corrected chi connectivity index (χ1v) is 17.8. The van der Waals surface area contributed by atoms with Crippen molar-refractivity contribution in [1.29, 1.82) is 0 Å². The molecule has 0 aromatic rings. The normalized spacial score (nSPS) is 12.2. The Labute approximate surface area is 260 Å². The Morgan fingerprint density at radius 1 is 0.425 bits per heavy atom. The average Bonchev–Trinajstić information content (AvgIpc) is 2.93. The number of nitrogens with zero attached hydrogens (tertiary/aromatic N) is 1. The van der Waals surface area contributed by atoms with E-state index < -0.39 is 0 Å². The molecule has 0 amide bonds. The van der Waals surface area contributed by atoms with Gasteiger partial charge in [0.05, 0.1) is 27.2 Å². The van der Waals surface area contributed by atoms with Crippen molar-refractivity contribution in [3.63, 3.8) is 0 Å². The zero-order valence-corrected chi connectivity index (χ0v) is 29.4. The van der Waals surface area contributed by atoms with Crippen molar-refractivity contribution in [3.05, 3.63) is 0 Å². The number of halogens is 1. The fourth-order valence-corrected chi connectivity index (χ4v) is 5.89. The van der Waals surface area contributed by atoms with Gasteiger partial charge in [-0.3, -0.25) is 0 Å². The fourth-order valence-electron chi connectivity index (χ4n) is 5.89. The van der Waals surface area contributed by atoms with Gasteiger partial charge >= 0.3 is 0 Å². The Hall–Kier alpha value is 0.170. The summed E-state index contributed by atoms with van der Waals surface area (Å²) in [6.07, 6.45) is 38.1. The summed E-state index contributed by atoms with van der Waals surface area (Å²) in [5.41, 5.74) is 0. The number of rotatable bonds is 32. The van der Waals surface area contributed by atoms with Gasteiger partial charge in [-0.25, -0.2) is 0 Å². The minimum Gasteiger partial charge on any atom is -1.00 e. The lowest BCUT2D eigenvalue weighted by Gasteiger charge is -2.30. The molecule has 3 nitrogen and oxygen atoms in total. The lowest BCUT2D eigenvalue weighted by atomic mass is 10.0. The highest BCUT2D eigenvalue weighted by Gasteiger charge is 2.21. The number of hydrogen-bond acceptors (Lipinski definition) is 2. The Balaban J connectivity index is 0. The molecule has 0 aliphatic rings. The van der Waals surface area contributed by atoms with Gasteiger partial charge in [0.15, 0.2) is 5.79 Å². The lowest BCUT2D eigenvalue weighted by molar-refractivity contribution is -0.890. The molecule has 0 N–H and O–H groups in total. The standard InChI is InChI=1S/C36H76NO2.ClH/c1-7-8-9-10-11-12-13-14-15-16-17-19-22-25-28-31-34-37(3,4)35-32-29-26-23-20-18-21-24-27-30-33-36(2,38-5)39-6;/h7-35H2,1-6H3;1H/q+1;/p-1. The monoisotopic (exact) mass is 590 g/mol. The summed E-state index contributed by atoms with van der Waals surface area (Å²) >= 11 is 0. The summed E-state index contributed by atoms with van der Waals surface area (Å²) in [5, 5.41) is 0. The second kappa shape index (κ2) is 30.6. The van der Waals surface area contributed by atoms with Gasteiger partial charge in [-0.05, 0) is 39.0 Å². The molecule has 40 heavy (non-hydrogen) atoms. The Bertz CT molecular complexity index is 481. The molecule has 0 spiro atoms. The van der Waals surface area contributed by atoms with Crippen LogP contribution in [0.15, 0.2) is 0 Å². The minimum atomic E-state index is -0.390. The predicted molar refractivity (Wildman–Crippen MR) is 175 cm³/mol. The van der Waals surface area contributed by atoms with E-state index >= 15 is 0 Å². The van der Waals surface area contributed by atoms with Crippen molar-refractivity contribution in [2.45, 2.75) is 193 Å². The van der Waals surface area contributed by atoms with E-state index in [2.05, 4.69) is 21.0 Å². The van der Waals surface area contributed by atoms with Crippen LogP contribution in [-0.2, 0) is 9.47 Å². The third kappa shape index (κ3) is 29.7. The summed E-state index contributed by atoms with van der Waals surface area (Å²) in [6, 6.07) is 0. The molecule has 0 unspecified atom stereocenters. The van der Waals surface area contributed by atoms with Gasteiger partial charge in [0.1, 0.15) is 0 Å².